The van der Waals surface area contributed by atoms with Gasteiger partial charge in [0.15, 0.2) is 5.75 Å². The Morgan fingerprint density at radius 3 is 2.55 bits per heavy atom. The fourth-order valence-corrected chi connectivity index (χ4v) is 2.66. The summed E-state index contributed by atoms with van der Waals surface area (Å²) in [7, 11) is 1.60. The molecule has 0 aliphatic rings. The molecule has 1 unspecified atom stereocenters. The van der Waals surface area contributed by atoms with Gasteiger partial charge in [0.25, 0.3) is 0 Å². The van der Waals surface area contributed by atoms with E-state index >= 15 is 0 Å². The molecular weight excluding hydrogens is 367 g/mol. The summed E-state index contributed by atoms with van der Waals surface area (Å²) in [5.74, 6) is 0.613. The number of benzene rings is 1. The second kappa shape index (κ2) is 6.13. The van der Waals surface area contributed by atoms with Gasteiger partial charge in [-0.1, -0.05) is 19.1 Å². The molecule has 0 saturated heterocycles. The van der Waals surface area contributed by atoms with Crippen LogP contribution in [0.4, 0.5) is 0 Å². The van der Waals surface area contributed by atoms with Gasteiger partial charge in [0.05, 0.1) is 13.3 Å². The van der Waals surface area contributed by atoms with Crippen LogP contribution in [0.5, 0.6) is 5.75 Å². The average molecular weight is 386 g/mol. The van der Waals surface area contributed by atoms with Gasteiger partial charge in [0, 0.05) is 10.1 Å². The van der Waals surface area contributed by atoms with Gasteiger partial charge in [0.2, 0.25) is 0 Å². The Bertz CT molecular complexity index is 576. The highest BCUT2D eigenvalue weighted by molar-refractivity contribution is 14.1. The number of hydrogen-bond donors (Lipinski definition) is 1. The average Bonchev–Trinajstić information content (AvgIpc) is 2.83. The van der Waals surface area contributed by atoms with Gasteiger partial charge < -0.3 is 9.84 Å². The minimum absolute atomic E-state index is 0.613. The first-order valence-corrected chi connectivity index (χ1v) is 7.67. The van der Waals surface area contributed by atoms with Crippen molar-refractivity contribution in [3.8, 4) is 5.75 Å². The van der Waals surface area contributed by atoms with Crippen molar-refractivity contribution in [2.24, 2.45) is 0 Å². The van der Waals surface area contributed by atoms with E-state index in [0.717, 1.165) is 22.1 Å². The first kappa shape index (κ1) is 15.3. The van der Waals surface area contributed by atoms with Crippen molar-refractivity contribution in [3.63, 3.8) is 0 Å². The molecule has 0 saturated carbocycles. The third kappa shape index (κ3) is 2.83. The van der Waals surface area contributed by atoms with E-state index in [-0.39, 0.29) is 0 Å². The van der Waals surface area contributed by atoms with Crippen LogP contribution in [0.2, 0.25) is 0 Å². The molecule has 1 N–H and O–H groups in total. The molecule has 20 heavy (non-hydrogen) atoms. The standard InChI is InChI=1S/C15H19IN2O2/c1-4-9-18-14(13(20-3)10-17-18)15(2,19)11-5-7-12(16)8-6-11/h5-8,10,19H,4,9H2,1-3H3. The number of ether oxygens (including phenoxy) is 1. The Labute approximate surface area is 132 Å². The lowest BCUT2D eigenvalue weighted by Gasteiger charge is -2.26. The largest absolute Gasteiger partial charge is 0.493 e. The van der Waals surface area contributed by atoms with E-state index in [4.69, 9.17) is 4.74 Å². The molecule has 0 aliphatic carbocycles. The zero-order valence-corrected chi connectivity index (χ0v) is 14.1. The SMILES string of the molecule is CCCn1ncc(OC)c1C(C)(O)c1ccc(I)cc1. The van der Waals surface area contributed by atoms with Crippen LogP contribution in [0.25, 0.3) is 0 Å². The number of aromatic nitrogens is 2. The molecule has 108 valence electrons. The van der Waals surface area contributed by atoms with Crippen LogP contribution in [0.1, 0.15) is 31.5 Å². The summed E-state index contributed by atoms with van der Waals surface area (Å²) in [6.45, 7) is 4.61. The van der Waals surface area contributed by atoms with Crippen LogP contribution in [0.3, 0.4) is 0 Å². The van der Waals surface area contributed by atoms with Gasteiger partial charge in [0.1, 0.15) is 11.3 Å². The summed E-state index contributed by atoms with van der Waals surface area (Å²) in [6.07, 6.45) is 2.60. The van der Waals surface area contributed by atoms with Gasteiger partial charge >= 0.3 is 0 Å². The Balaban J connectivity index is 2.52. The quantitative estimate of drug-likeness (QED) is 0.804. The number of halogens is 1. The van der Waals surface area contributed by atoms with Crippen LogP contribution in [0.15, 0.2) is 30.5 Å². The van der Waals surface area contributed by atoms with Crippen LogP contribution in [0, 0.1) is 3.57 Å². The number of nitrogens with zero attached hydrogens (tertiary/aromatic N) is 2. The van der Waals surface area contributed by atoms with Crippen LogP contribution in [-0.4, -0.2) is 22.0 Å². The monoisotopic (exact) mass is 386 g/mol. The lowest BCUT2D eigenvalue weighted by atomic mass is 9.92. The molecule has 2 aromatic rings. The van der Waals surface area contributed by atoms with Crippen molar-refractivity contribution in [2.45, 2.75) is 32.4 Å². The van der Waals surface area contributed by atoms with Crippen LogP contribution < -0.4 is 4.74 Å². The summed E-state index contributed by atoms with van der Waals surface area (Å²) in [6, 6.07) is 7.84. The fraction of sp³-hybridized carbons (Fsp3) is 0.400. The maximum atomic E-state index is 11.0. The normalized spacial score (nSPS) is 14.1. The van der Waals surface area contributed by atoms with Gasteiger partial charge in [-0.05, 0) is 53.6 Å². The number of rotatable bonds is 5. The van der Waals surface area contributed by atoms with E-state index in [2.05, 4.69) is 34.6 Å². The molecule has 4 nitrogen and oxygen atoms in total. The lowest BCUT2D eigenvalue weighted by molar-refractivity contribution is 0.0882. The fourth-order valence-electron chi connectivity index (χ4n) is 2.30. The predicted molar refractivity (Wildman–Crippen MR) is 86.9 cm³/mol. The van der Waals surface area contributed by atoms with Crippen molar-refractivity contribution in [1.29, 1.82) is 0 Å². The van der Waals surface area contributed by atoms with Crippen molar-refractivity contribution in [2.75, 3.05) is 7.11 Å². The highest BCUT2D eigenvalue weighted by Gasteiger charge is 2.33. The van der Waals surface area contributed by atoms with Crippen molar-refractivity contribution in [3.05, 3.63) is 45.3 Å². The number of aliphatic hydroxyl groups is 1. The molecule has 0 aliphatic heterocycles. The molecule has 0 spiro atoms. The van der Waals surface area contributed by atoms with Crippen molar-refractivity contribution >= 4 is 22.6 Å². The Kier molecular flexibility index (Phi) is 4.70. The lowest BCUT2D eigenvalue weighted by Crippen LogP contribution is -2.27. The maximum absolute atomic E-state index is 11.0. The molecule has 0 bridgehead atoms. The van der Waals surface area contributed by atoms with E-state index in [0.29, 0.717) is 11.4 Å². The van der Waals surface area contributed by atoms with Gasteiger partial charge in [-0.3, -0.25) is 4.68 Å². The molecule has 5 heteroatoms. The third-order valence-corrected chi connectivity index (χ3v) is 4.05. The summed E-state index contributed by atoms with van der Waals surface area (Å²) < 4.78 is 8.31. The maximum Gasteiger partial charge on any atom is 0.163 e. The van der Waals surface area contributed by atoms with Gasteiger partial charge in [-0.15, -0.1) is 0 Å². The molecule has 0 radical (unpaired) electrons. The van der Waals surface area contributed by atoms with Crippen molar-refractivity contribution < 1.29 is 9.84 Å². The molecule has 1 atom stereocenters. The Morgan fingerprint density at radius 2 is 2.00 bits per heavy atom. The van der Waals surface area contributed by atoms with Gasteiger partial charge in [-0.25, -0.2) is 0 Å². The summed E-state index contributed by atoms with van der Waals surface area (Å²) in [5, 5.41) is 15.3. The first-order chi connectivity index (χ1) is 9.50. The number of hydrogen-bond acceptors (Lipinski definition) is 3. The smallest absolute Gasteiger partial charge is 0.163 e. The van der Waals surface area contributed by atoms with E-state index in [1.54, 1.807) is 20.2 Å². The summed E-state index contributed by atoms with van der Waals surface area (Å²) in [4.78, 5) is 0. The second-order valence-electron chi connectivity index (χ2n) is 4.86. The van der Waals surface area contributed by atoms with Crippen LogP contribution >= 0.6 is 22.6 Å². The Hall–Kier alpha value is -1.08. The summed E-state index contributed by atoms with van der Waals surface area (Å²) in [5.41, 5.74) is 0.388. The molecule has 0 fully saturated rings. The number of aryl methyl sites for hydroxylation is 1. The van der Waals surface area contributed by atoms with E-state index < -0.39 is 5.60 Å². The van der Waals surface area contributed by atoms with E-state index in [1.165, 1.54) is 0 Å². The molecule has 1 aromatic carbocycles. The number of methoxy groups -OCH3 is 1. The highest BCUT2D eigenvalue weighted by Crippen LogP contribution is 2.35. The Morgan fingerprint density at radius 1 is 1.35 bits per heavy atom. The minimum atomic E-state index is -1.14. The summed E-state index contributed by atoms with van der Waals surface area (Å²) >= 11 is 2.25. The zero-order valence-electron chi connectivity index (χ0n) is 11.9. The van der Waals surface area contributed by atoms with E-state index in [1.807, 2.05) is 28.9 Å². The van der Waals surface area contributed by atoms with Gasteiger partial charge in [-0.2, -0.15) is 5.10 Å². The zero-order chi connectivity index (χ0) is 14.8. The minimum Gasteiger partial charge on any atom is -0.493 e. The molecule has 1 aromatic heterocycles. The second-order valence-corrected chi connectivity index (χ2v) is 6.11. The molecule has 2 rings (SSSR count). The van der Waals surface area contributed by atoms with Crippen molar-refractivity contribution in [1.82, 2.24) is 9.78 Å². The third-order valence-electron chi connectivity index (χ3n) is 3.33. The topological polar surface area (TPSA) is 47.3 Å². The molecule has 1 heterocycles. The first-order valence-electron chi connectivity index (χ1n) is 6.59. The van der Waals surface area contributed by atoms with E-state index in [9.17, 15) is 5.11 Å². The molecular formula is C15H19IN2O2. The van der Waals surface area contributed by atoms with Crippen LogP contribution in [-0.2, 0) is 12.1 Å². The highest BCUT2D eigenvalue weighted by atomic mass is 127. The predicted octanol–water partition coefficient (Wildman–Crippen LogP) is 3.16. The molecule has 0 amide bonds.